The maximum atomic E-state index is 5.47. The third-order valence-corrected chi connectivity index (χ3v) is 1.49. The Kier molecular flexibility index (Phi) is 2.05. The summed E-state index contributed by atoms with van der Waals surface area (Å²) in [6.07, 6.45) is 0. The van der Waals surface area contributed by atoms with Gasteiger partial charge in [-0.1, -0.05) is 12.2 Å². The molecule has 0 spiro atoms. The van der Waals surface area contributed by atoms with E-state index in [1.54, 1.807) is 12.1 Å². The van der Waals surface area contributed by atoms with Crippen molar-refractivity contribution in [1.82, 2.24) is 4.98 Å². The van der Waals surface area contributed by atoms with Crippen molar-refractivity contribution in [2.75, 3.05) is 5.73 Å². The maximum Gasteiger partial charge on any atom is 0.124 e. The Labute approximate surface area is 70.4 Å². The minimum Gasteiger partial charge on any atom is -0.389 e. The summed E-state index contributed by atoms with van der Waals surface area (Å²) in [5, 5.41) is 0. The quantitative estimate of drug-likeness (QED) is 0.601. The first-order chi connectivity index (χ1) is 5.09. The van der Waals surface area contributed by atoms with E-state index in [4.69, 9.17) is 23.7 Å². The molecule has 1 rings (SSSR count). The summed E-state index contributed by atoms with van der Waals surface area (Å²) in [7, 11) is 0. The molecule has 0 unspecified atom stereocenters. The standard InChI is InChI=1S/C7H9N3S/c1-4-2-5(7(9)11)3-6(8)10-4/h2-3H,1H3,(H2,8,10)(H2,9,11). The van der Waals surface area contributed by atoms with Crippen LogP contribution in [0, 0.1) is 6.92 Å². The highest BCUT2D eigenvalue weighted by Gasteiger charge is 1.98. The molecule has 0 saturated carbocycles. The molecular weight excluding hydrogens is 158 g/mol. The Bertz CT molecular complexity index is 275. The zero-order chi connectivity index (χ0) is 8.43. The lowest BCUT2D eigenvalue weighted by molar-refractivity contribution is 1.21. The Morgan fingerprint density at radius 3 is 2.64 bits per heavy atom. The van der Waals surface area contributed by atoms with Gasteiger partial charge in [0.25, 0.3) is 0 Å². The molecular formula is C7H9N3S. The molecule has 0 amide bonds. The molecule has 0 aliphatic rings. The molecule has 1 aromatic rings. The minimum atomic E-state index is 0.349. The summed E-state index contributed by atoms with van der Waals surface area (Å²) < 4.78 is 0. The predicted octanol–water partition coefficient (Wildman–Crippen LogP) is 0.606. The molecule has 11 heavy (non-hydrogen) atoms. The number of nitrogens with two attached hydrogens (primary N) is 2. The zero-order valence-corrected chi connectivity index (χ0v) is 6.98. The second kappa shape index (κ2) is 2.84. The van der Waals surface area contributed by atoms with E-state index in [9.17, 15) is 0 Å². The van der Waals surface area contributed by atoms with Crippen molar-refractivity contribution in [2.24, 2.45) is 5.73 Å². The van der Waals surface area contributed by atoms with Crippen LogP contribution in [-0.4, -0.2) is 9.97 Å². The van der Waals surface area contributed by atoms with Gasteiger partial charge in [-0.15, -0.1) is 0 Å². The zero-order valence-electron chi connectivity index (χ0n) is 6.16. The Hall–Kier alpha value is -1.16. The summed E-state index contributed by atoms with van der Waals surface area (Å²) in [6.45, 7) is 1.85. The van der Waals surface area contributed by atoms with Crippen LogP contribution in [0.5, 0.6) is 0 Å². The van der Waals surface area contributed by atoms with Gasteiger partial charge in [0.2, 0.25) is 0 Å². The molecule has 1 heterocycles. The first-order valence-corrected chi connectivity index (χ1v) is 3.54. The first kappa shape index (κ1) is 7.94. The van der Waals surface area contributed by atoms with E-state index in [0.717, 1.165) is 11.3 Å². The van der Waals surface area contributed by atoms with Crippen LogP contribution in [0.25, 0.3) is 0 Å². The third-order valence-electron chi connectivity index (χ3n) is 1.26. The second-order valence-corrected chi connectivity index (χ2v) is 2.73. The van der Waals surface area contributed by atoms with Gasteiger partial charge < -0.3 is 11.5 Å². The summed E-state index contributed by atoms with van der Waals surface area (Å²) in [6, 6.07) is 3.47. The Morgan fingerprint density at radius 1 is 1.55 bits per heavy atom. The number of rotatable bonds is 1. The molecule has 0 atom stereocenters. The van der Waals surface area contributed by atoms with Gasteiger partial charge in [0.1, 0.15) is 10.8 Å². The van der Waals surface area contributed by atoms with Gasteiger partial charge in [-0.3, -0.25) is 0 Å². The summed E-state index contributed by atoms with van der Waals surface area (Å²) in [5.41, 5.74) is 12.5. The fourth-order valence-corrected chi connectivity index (χ4v) is 0.954. The van der Waals surface area contributed by atoms with E-state index in [1.807, 2.05) is 6.92 Å². The van der Waals surface area contributed by atoms with Crippen molar-refractivity contribution >= 4 is 23.0 Å². The van der Waals surface area contributed by atoms with Gasteiger partial charge in [0, 0.05) is 11.3 Å². The highest BCUT2D eigenvalue weighted by molar-refractivity contribution is 7.80. The van der Waals surface area contributed by atoms with Crippen molar-refractivity contribution in [2.45, 2.75) is 6.92 Å². The normalized spacial score (nSPS) is 9.55. The Balaban J connectivity index is 3.19. The van der Waals surface area contributed by atoms with E-state index in [0.29, 0.717) is 10.8 Å². The summed E-state index contributed by atoms with van der Waals surface area (Å²) in [4.78, 5) is 4.33. The molecule has 3 nitrogen and oxygen atoms in total. The van der Waals surface area contributed by atoms with Crippen molar-refractivity contribution in [3.8, 4) is 0 Å². The first-order valence-electron chi connectivity index (χ1n) is 3.13. The van der Waals surface area contributed by atoms with Gasteiger partial charge in [-0.05, 0) is 19.1 Å². The van der Waals surface area contributed by atoms with Gasteiger partial charge in [0.15, 0.2) is 0 Å². The Morgan fingerprint density at radius 2 is 2.18 bits per heavy atom. The van der Waals surface area contributed by atoms with Crippen LogP contribution < -0.4 is 11.5 Å². The fourth-order valence-electron chi connectivity index (χ4n) is 0.836. The molecule has 4 N–H and O–H groups in total. The average molecular weight is 167 g/mol. The average Bonchev–Trinajstić information content (AvgIpc) is 1.85. The van der Waals surface area contributed by atoms with Crippen LogP contribution in [-0.2, 0) is 0 Å². The van der Waals surface area contributed by atoms with E-state index >= 15 is 0 Å². The fraction of sp³-hybridized carbons (Fsp3) is 0.143. The topological polar surface area (TPSA) is 64.9 Å². The number of pyridine rings is 1. The van der Waals surface area contributed by atoms with Gasteiger partial charge in [0.05, 0.1) is 0 Å². The van der Waals surface area contributed by atoms with E-state index < -0.39 is 0 Å². The lowest BCUT2D eigenvalue weighted by Gasteiger charge is -2.00. The van der Waals surface area contributed by atoms with E-state index in [1.165, 1.54) is 0 Å². The van der Waals surface area contributed by atoms with Crippen LogP contribution >= 0.6 is 12.2 Å². The molecule has 0 radical (unpaired) electrons. The van der Waals surface area contributed by atoms with Crippen LogP contribution in [0.1, 0.15) is 11.3 Å². The van der Waals surface area contributed by atoms with Gasteiger partial charge in [-0.25, -0.2) is 4.98 Å². The largest absolute Gasteiger partial charge is 0.389 e. The van der Waals surface area contributed by atoms with Crippen molar-refractivity contribution in [3.63, 3.8) is 0 Å². The van der Waals surface area contributed by atoms with Crippen molar-refractivity contribution < 1.29 is 0 Å². The van der Waals surface area contributed by atoms with Crippen LogP contribution in [0.4, 0.5) is 5.82 Å². The number of nitrogen functional groups attached to an aromatic ring is 1. The summed E-state index contributed by atoms with van der Waals surface area (Å²) >= 11 is 4.78. The number of nitrogens with zero attached hydrogens (tertiary/aromatic N) is 1. The maximum absolute atomic E-state index is 5.47. The van der Waals surface area contributed by atoms with Crippen LogP contribution in [0.15, 0.2) is 12.1 Å². The number of anilines is 1. The molecule has 0 aliphatic carbocycles. The van der Waals surface area contributed by atoms with Crippen LogP contribution in [0.2, 0.25) is 0 Å². The van der Waals surface area contributed by atoms with Crippen LogP contribution in [0.3, 0.4) is 0 Å². The molecule has 0 fully saturated rings. The van der Waals surface area contributed by atoms with Gasteiger partial charge >= 0.3 is 0 Å². The lowest BCUT2D eigenvalue weighted by Crippen LogP contribution is -2.10. The van der Waals surface area contributed by atoms with Crippen molar-refractivity contribution in [3.05, 3.63) is 23.4 Å². The highest BCUT2D eigenvalue weighted by atomic mass is 32.1. The monoisotopic (exact) mass is 167 g/mol. The molecule has 0 saturated heterocycles. The number of hydrogen-bond acceptors (Lipinski definition) is 3. The van der Waals surface area contributed by atoms with Gasteiger partial charge in [-0.2, -0.15) is 0 Å². The number of hydrogen-bond donors (Lipinski definition) is 2. The number of aryl methyl sites for hydroxylation is 1. The second-order valence-electron chi connectivity index (χ2n) is 2.29. The number of thiocarbonyl (C=S) groups is 1. The van der Waals surface area contributed by atoms with Crippen molar-refractivity contribution in [1.29, 1.82) is 0 Å². The SMILES string of the molecule is Cc1cc(C(N)=S)cc(N)n1. The molecule has 0 bridgehead atoms. The molecule has 0 aromatic carbocycles. The minimum absolute atomic E-state index is 0.349. The molecule has 58 valence electrons. The lowest BCUT2D eigenvalue weighted by atomic mass is 10.2. The molecule has 4 heteroatoms. The molecule has 1 aromatic heterocycles. The highest BCUT2D eigenvalue weighted by Crippen LogP contribution is 2.06. The van der Waals surface area contributed by atoms with E-state index in [2.05, 4.69) is 4.98 Å². The summed E-state index contributed by atoms with van der Waals surface area (Å²) in [5.74, 6) is 0.452. The van der Waals surface area contributed by atoms with E-state index in [-0.39, 0.29) is 0 Å². The molecule has 0 aliphatic heterocycles. The number of aromatic nitrogens is 1. The smallest absolute Gasteiger partial charge is 0.124 e. The predicted molar refractivity (Wildman–Crippen MR) is 49.3 cm³/mol. The third kappa shape index (κ3) is 1.88.